The summed E-state index contributed by atoms with van der Waals surface area (Å²) in [4.78, 5) is 4.94. The van der Waals surface area contributed by atoms with Gasteiger partial charge in [0.1, 0.15) is 11.2 Å². The lowest BCUT2D eigenvalue weighted by molar-refractivity contribution is 0.673. The van der Waals surface area contributed by atoms with Crippen LogP contribution < -0.4 is 9.80 Å². The van der Waals surface area contributed by atoms with Gasteiger partial charge in [-0.25, -0.2) is 0 Å². The second-order valence-electron chi connectivity index (χ2n) is 16.0. The van der Waals surface area contributed by atoms with Crippen molar-refractivity contribution in [2.24, 2.45) is 0 Å². The zero-order valence-electron chi connectivity index (χ0n) is 33.4. The molecule has 2 aliphatic rings. The molecule has 61 heavy (non-hydrogen) atoms. The highest BCUT2D eigenvalue weighted by Gasteiger charge is 2.41. The normalized spacial score (nSPS) is 15.5. The Morgan fingerprint density at radius 3 is 1.95 bits per heavy atom. The smallest absolute Gasteiger partial charge is 0.143 e. The zero-order chi connectivity index (χ0) is 40.3. The van der Waals surface area contributed by atoms with Gasteiger partial charge in [0.15, 0.2) is 0 Å². The minimum Gasteiger partial charge on any atom is -0.455 e. The summed E-state index contributed by atoms with van der Waals surface area (Å²) in [5.41, 5.74) is 16.1. The molecule has 1 aromatic heterocycles. The number of nitrogens with zero attached hydrogens (tertiary/aromatic N) is 2. The second kappa shape index (κ2) is 14.4. The van der Waals surface area contributed by atoms with E-state index in [9.17, 15) is 0 Å². The topological polar surface area (TPSA) is 19.6 Å². The van der Waals surface area contributed by atoms with E-state index in [-0.39, 0.29) is 12.0 Å². The van der Waals surface area contributed by atoms with Gasteiger partial charge < -0.3 is 14.2 Å². The van der Waals surface area contributed by atoms with Gasteiger partial charge in [-0.1, -0.05) is 170 Å². The minimum absolute atomic E-state index is 0.139. The molecule has 1 aliphatic heterocycles. The van der Waals surface area contributed by atoms with E-state index in [4.69, 9.17) is 4.42 Å². The summed E-state index contributed by atoms with van der Waals surface area (Å²) in [6, 6.07) is 76.8. The summed E-state index contributed by atoms with van der Waals surface area (Å²) < 4.78 is 6.68. The Morgan fingerprint density at radius 2 is 1.13 bits per heavy atom. The third-order valence-electron chi connectivity index (χ3n) is 12.6. The molecule has 0 spiro atoms. The van der Waals surface area contributed by atoms with Crippen LogP contribution >= 0.6 is 0 Å². The molecule has 0 fully saturated rings. The summed E-state index contributed by atoms with van der Waals surface area (Å²) in [6.45, 7) is 0. The van der Waals surface area contributed by atoms with Crippen LogP contribution in [0.1, 0.15) is 17.0 Å². The molecule has 0 radical (unpaired) electrons. The largest absolute Gasteiger partial charge is 0.455 e. The summed E-state index contributed by atoms with van der Waals surface area (Å²) in [7, 11) is 0. The lowest BCUT2D eigenvalue weighted by Gasteiger charge is -2.34. The monoisotopic (exact) mass is 780 g/mol. The molecule has 1 aliphatic carbocycles. The molecule has 0 saturated carbocycles. The molecule has 9 aromatic carbocycles. The van der Waals surface area contributed by atoms with E-state index in [1.807, 2.05) is 0 Å². The number of hydrogen-bond donors (Lipinski definition) is 0. The lowest BCUT2D eigenvalue weighted by Crippen LogP contribution is -2.32. The van der Waals surface area contributed by atoms with E-state index in [0.29, 0.717) is 0 Å². The van der Waals surface area contributed by atoms with Crippen LogP contribution in [0.2, 0.25) is 0 Å². The van der Waals surface area contributed by atoms with Crippen LogP contribution in [0.3, 0.4) is 0 Å². The molecular weight excluding hydrogens is 741 g/mol. The number of benzene rings is 9. The SMILES string of the molecule is C1=CC2c3ccccc3N(c3ccccc3)C2C(c2ccc(N(c3ccc(-c4ccccc4)cc3)c3ccccc3-c3cccc4oc5c6ccccc6ccc5c34)cc2)=C1. The number of allylic oxidation sites excluding steroid dienone is 2. The molecule has 0 N–H and O–H groups in total. The number of fused-ring (bicyclic) bond motifs is 8. The molecule has 10 aromatic rings. The first-order chi connectivity index (χ1) is 30.3. The third kappa shape index (κ3) is 5.81. The number of anilines is 5. The van der Waals surface area contributed by atoms with Gasteiger partial charge in [-0.15, -0.1) is 0 Å². The highest BCUT2D eigenvalue weighted by atomic mass is 16.3. The quantitative estimate of drug-likeness (QED) is 0.161. The molecule has 2 unspecified atom stereocenters. The number of hydrogen-bond acceptors (Lipinski definition) is 3. The summed E-state index contributed by atoms with van der Waals surface area (Å²) in [5, 5.41) is 4.54. The lowest BCUT2D eigenvalue weighted by atomic mass is 9.83. The summed E-state index contributed by atoms with van der Waals surface area (Å²) in [6.07, 6.45) is 6.93. The van der Waals surface area contributed by atoms with E-state index >= 15 is 0 Å². The highest BCUT2D eigenvalue weighted by Crippen LogP contribution is 2.52. The van der Waals surface area contributed by atoms with Crippen LogP contribution in [0.15, 0.2) is 235 Å². The maximum atomic E-state index is 6.68. The Hall–Kier alpha value is -7.88. The van der Waals surface area contributed by atoms with E-state index in [2.05, 4.69) is 240 Å². The molecule has 2 atom stereocenters. The van der Waals surface area contributed by atoms with E-state index in [1.165, 1.54) is 44.6 Å². The van der Waals surface area contributed by atoms with E-state index < -0.39 is 0 Å². The highest BCUT2D eigenvalue weighted by molar-refractivity contribution is 6.19. The average Bonchev–Trinajstić information content (AvgIpc) is 3.90. The van der Waals surface area contributed by atoms with Gasteiger partial charge in [-0.3, -0.25) is 0 Å². The third-order valence-corrected chi connectivity index (χ3v) is 12.6. The first-order valence-electron chi connectivity index (χ1n) is 21.1. The average molecular weight is 781 g/mol. The maximum absolute atomic E-state index is 6.68. The van der Waals surface area contributed by atoms with Crippen molar-refractivity contribution in [3.8, 4) is 22.3 Å². The predicted molar refractivity (Wildman–Crippen MR) is 255 cm³/mol. The molecule has 288 valence electrons. The Kier molecular flexibility index (Phi) is 8.31. The van der Waals surface area contributed by atoms with Gasteiger partial charge >= 0.3 is 0 Å². The van der Waals surface area contributed by atoms with Crippen molar-refractivity contribution < 1.29 is 4.42 Å². The van der Waals surface area contributed by atoms with Crippen molar-refractivity contribution in [3.05, 3.63) is 242 Å². The molecule has 3 nitrogen and oxygen atoms in total. The van der Waals surface area contributed by atoms with Crippen molar-refractivity contribution >= 4 is 66.7 Å². The molecule has 0 amide bonds. The van der Waals surface area contributed by atoms with Crippen LogP contribution in [0.5, 0.6) is 0 Å². The second-order valence-corrected chi connectivity index (χ2v) is 16.0. The van der Waals surface area contributed by atoms with Gasteiger partial charge in [0.2, 0.25) is 0 Å². The Morgan fingerprint density at radius 1 is 0.475 bits per heavy atom. The zero-order valence-corrected chi connectivity index (χ0v) is 33.4. The standard InChI is InChI=1S/C58H40N2O/c1-3-15-39(16-4-1)40-29-34-44(35-30-40)59(53-26-11-9-21-48(53)50-24-14-28-55-56(50)52-38-33-41-17-7-8-20-47(41)58(52)61-55)45-36-31-42(32-37-45)46-23-13-25-51-49-22-10-12-27-54(49)60(57(46)51)43-18-5-2-6-19-43/h1-38,51,57H. The Bertz CT molecular complexity index is 3310. The van der Waals surface area contributed by atoms with Crippen molar-refractivity contribution in [1.82, 2.24) is 0 Å². The summed E-state index contributed by atoms with van der Waals surface area (Å²) >= 11 is 0. The number of furan rings is 1. The van der Waals surface area contributed by atoms with Crippen molar-refractivity contribution in [2.75, 3.05) is 9.80 Å². The van der Waals surface area contributed by atoms with Crippen LogP contribution in [0.4, 0.5) is 28.4 Å². The van der Waals surface area contributed by atoms with Crippen LogP contribution in [-0.4, -0.2) is 6.04 Å². The predicted octanol–water partition coefficient (Wildman–Crippen LogP) is 15.8. The first kappa shape index (κ1) is 35.1. The van der Waals surface area contributed by atoms with Crippen molar-refractivity contribution in [2.45, 2.75) is 12.0 Å². The minimum atomic E-state index is 0.139. The molecule has 2 heterocycles. The summed E-state index contributed by atoms with van der Waals surface area (Å²) in [5.74, 6) is 0.252. The van der Waals surface area contributed by atoms with E-state index in [0.717, 1.165) is 55.5 Å². The van der Waals surface area contributed by atoms with E-state index in [1.54, 1.807) is 0 Å². The van der Waals surface area contributed by atoms with Crippen molar-refractivity contribution in [3.63, 3.8) is 0 Å². The molecule has 0 saturated heterocycles. The molecular formula is C58H40N2O. The van der Waals surface area contributed by atoms with Crippen LogP contribution in [-0.2, 0) is 0 Å². The number of rotatable bonds is 7. The Labute approximate surface area is 355 Å². The van der Waals surface area contributed by atoms with Crippen molar-refractivity contribution in [1.29, 1.82) is 0 Å². The molecule has 3 heteroatoms. The maximum Gasteiger partial charge on any atom is 0.143 e. The molecule has 0 bridgehead atoms. The fourth-order valence-corrected chi connectivity index (χ4v) is 9.88. The van der Waals surface area contributed by atoms with Gasteiger partial charge in [-0.05, 0) is 99.4 Å². The fourth-order valence-electron chi connectivity index (χ4n) is 9.88. The van der Waals surface area contributed by atoms with Gasteiger partial charge in [0, 0.05) is 50.4 Å². The first-order valence-corrected chi connectivity index (χ1v) is 21.1. The van der Waals surface area contributed by atoms with Crippen LogP contribution in [0.25, 0.3) is 60.5 Å². The molecule has 12 rings (SSSR count). The fraction of sp³-hybridized carbons (Fsp3) is 0.0345. The van der Waals surface area contributed by atoms with Crippen LogP contribution in [0, 0.1) is 0 Å². The Balaban J connectivity index is 0.998. The van der Waals surface area contributed by atoms with Gasteiger partial charge in [0.05, 0.1) is 11.7 Å². The van der Waals surface area contributed by atoms with Gasteiger partial charge in [0.25, 0.3) is 0 Å². The number of para-hydroxylation sites is 3. The van der Waals surface area contributed by atoms with Gasteiger partial charge in [-0.2, -0.15) is 0 Å².